The van der Waals surface area contributed by atoms with Crippen LogP contribution in [0.15, 0.2) is 176 Å². The molecule has 0 radical (unpaired) electrons. The molecule has 48 heavy (non-hydrogen) atoms. The summed E-state index contributed by atoms with van der Waals surface area (Å²) in [5.41, 5.74) is 5.81. The lowest BCUT2D eigenvalue weighted by atomic mass is 9.95. The predicted octanol–water partition coefficient (Wildman–Crippen LogP) is 13.8. The highest BCUT2D eigenvalue weighted by atomic mass is 32.1. The van der Waals surface area contributed by atoms with E-state index in [1.807, 2.05) is 11.3 Å². The number of rotatable bonds is 4. The molecule has 0 N–H and O–H groups in total. The second-order valence-corrected chi connectivity index (χ2v) is 13.6. The van der Waals surface area contributed by atoms with Crippen LogP contribution in [0.4, 0.5) is 17.1 Å². The molecule has 0 fully saturated rings. The van der Waals surface area contributed by atoms with Crippen molar-refractivity contribution in [3.63, 3.8) is 0 Å². The molecular formula is C46H29NS. The molecule has 0 atom stereocenters. The van der Waals surface area contributed by atoms with E-state index in [2.05, 4.69) is 181 Å². The van der Waals surface area contributed by atoms with Gasteiger partial charge in [-0.2, -0.15) is 0 Å². The number of benzene rings is 9. The van der Waals surface area contributed by atoms with Gasteiger partial charge >= 0.3 is 0 Å². The van der Waals surface area contributed by atoms with E-state index in [4.69, 9.17) is 0 Å². The second kappa shape index (κ2) is 10.8. The zero-order valence-electron chi connectivity index (χ0n) is 26.1. The third-order valence-electron chi connectivity index (χ3n) is 9.77. The monoisotopic (exact) mass is 627 g/mol. The standard InChI is InChI=1S/C46H29NS/c1-2-10-30(11-3-1)38-13-6-8-16-43(38)47(36-23-22-33-28-42-41-15-7-9-17-44(41)48-45(42)29-35(33)27-36)37-24-25-40-34(26-37)21-20-32-19-18-31-12-4-5-14-39(31)46(32)40/h1-29H. The summed E-state index contributed by atoms with van der Waals surface area (Å²) in [6.07, 6.45) is 0. The Bertz CT molecular complexity index is 2850. The number of hydrogen-bond donors (Lipinski definition) is 0. The Balaban J connectivity index is 1.22. The fraction of sp³-hybridized carbons (Fsp3) is 0. The minimum Gasteiger partial charge on any atom is -0.310 e. The smallest absolute Gasteiger partial charge is 0.0540 e. The Hall–Kier alpha value is -5.96. The molecule has 0 aliphatic heterocycles. The maximum Gasteiger partial charge on any atom is 0.0540 e. The Morgan fingerprint density at radius 2 is 1.00 bits per heavy atom. The molecule has 2 heteroatoms. The van der Waals surface area contributed by atoms with Crippen LogP contribution in [0.2, 0.25) is 0 Å². The van der Waals surface area contributed by atoms with E-state index >= 15 is 0 Å². The predicted molar refractivity (Wildman–Crippen MR) is 209 cm³/mol. The molecule has 0 bridgehead atoms. The van der Waals surface area contributed by atoms with E-state index in [1.165, 1.54) is 74.4 Å². The third-order valence-corrected chi connectivity index (χ3v) is 10.9. The van der Waals surface area contributed by atoms with Gasteiger partial charge in [0.2, 0.25) is 0 Å². The molecule has 1 aromatic heterocycles. The fourth-order valence-electron chi connectivity index (χ4n) is 7.51. The highest BCUT2D eigenvalue weighted by Crippen LogP contribution is 2.44. The molecule has 0 aliphatic carbocycles. The summed E-state index contributed by atoms with van der Waals surface area (Å²) in [7, 11) is 0. The Morgan fingerprint density at radius 1 is 0.354 bits per heavy atom. The normalized spacial score (nSPS) is 11.8. The van der Waals surface area contributed by atoms with Crippen LogP contribution < -0.4 is 4.90 Å². The van der Waals surface area contributed by atoms with Crippen LogP contribution in [-0.2, 0) is 0 Å². The number of fused-ring (bicyclic) bond motifs is 9. The first-order chi connectivity index (χ1) is 23.8. The first kappa shape index (κ1) is 27.2. The van der Waals surface area contributed by atoms with Crippen LogP contribution in [0.1, 0.15) is 0 Å². The van der Waals surface area contributed by atoms with Crippen molar-refractivity contribution in [2.24, 2.45) is 0 Å². The van der Waals surface area contributed by atoms with Crippen molar-refractivity contribution in [2.75, 3.05) is 4.90 Å². The highest BCUT2D eigenvalue weighted by molar-refractivity contribution is 7.25. The lowest BCUT2D eigenvalue weighted by molar-refractivity contribution is 1.29. The van der Waals surface area contributed by atoms with E-state index in [1.54, 1.807) is 0 Å². The van der Waals surface area contributed by atoms with Gasteiger partial charge in [-0.25, -0.2) is 0 Å². The number of hydrogen-bond acceptors (Lipinski definition) is 2. The van der Waals surface area contributed by atoms with Crippen LogP contribution >= 0.6 is 11.3 Å². The minimum atomic E-state index is 1.13. The number of anilines is 3. The van der Waals surface area contributed by atoms with Crippen molar-refractivity contribution >= 4 is 91.7 Å². The maximum atomic E-state index is 2.43. The van der Waals surface area contributed by atoms with Crippen LogP contribution in [0.25, 0.3) is 74.4 Å². The van der Waals surface area contributed by atoms with Crippen molar-refractivity contribution < 1.29 is 0 Å². The molecule has 0 spiro atoms. The first-order valence-electron chi connectivity index (χ1n) is 16.4. The summed E-state index contributed by atoms with van der Waals surface area (Å²) in [5.74, 6) is 0. The molecule has 10 aromatic rings. The van der Waals surface area contributed by atoms with Crippen molar-refractivity contribution in [1.82, 2.24) is 0 Å². The lowest BCUT2D eigenvalue weighted by Crippen LogP contribution is -2.11. The quantitative estimate of drug-likeness (QED) is 0.176. The van der Waals surface area contributed by atoms with Gasteiger partial charge in [-0.3, -0.25) is 0 Å². The van der Waals surface area contributed by atoms with Crippen LogP contribution in [-0.4, -0.2) is 0 Å². The van der Waals surface area contributed by atoms with E-state index < -0.39 is 0 Å². The van der Waals surface area contributed by atoms with Crippen LogP contribution in [0.3, 0.4) is 0 Å². The molecule has 9 aromatic carbocycles. The largest absolute Gasteiger partial charge is 0.310 e. The summed E-state index contributed by atoms with van der Waals surface area (Å²) in [6, 6.07) is 64.6. The van der Waals surface area contributed by atoms with Crippen LogP contribution in [0, 0.1) is 0 Å². The molecule has 10 rings (SSSR count). The molecule has 224 valence electrons. The average molecular weight is 628 g/mol. The van der Waals surface area contributed by atoms with Gasteiger partial charge in [-0.1, -0.05) is 127 Å². The van der Waals surface area contributed by atoms with Gasteiger partial charge in [0.25, 0.3) is 0 Å². The third kappa shape index (κ3) is 4.31. The van der Waals surface area contributed by atoms with Crippen molar-refractivity contribution in [2.45, 2.75) is 0 Å². The van der Waals surface area contributed by atoms with Gasteiger partial charge in [0.15, 0.2) is 0 Å². The van der Waals surface area contributed by atoms with Crippen molar-refractivity contribution in [1.29, 1.82) is 0 Å². The molecule has 0 unspecified atom stereocenters. The van der Waals surface area contributed by atoms with E-state index in [0.717, 1.165) is 17.1 Å². The Morgan fingerprint density at radius 3 is 1.90 bits per heavy atom. The summed E-state index contributed by atoms with van der Waals surface area (Å²) in [6.45, 7) is 0. The zero-order valence-corrected chi connectivity index (χ0v) is 26.9. The molecule has 0 aliphatic rings. The SMILES string of the molecule is c1ccc(-c2ccccc2N(c2ccc3cc4c(cc3c2)sc2ccccc24)c2ccc3c(ccc4ccc5ccccc5c43)c2)cc1. The summed E-state index contributed by atoms with van der Waals surface area (Å²) < 4.78 is 2.65. The van der Waals surface area contributed by atoms with Gasteiger partial charge < -0.3 is 4.90 Å². The number of thiophene rings is 1. The van der Waals surface area contributed by atoms with E-state index in [-0.39, 0.29) is 0 Å². The van der Waals surface area contributed by atoms with Gasteiger partial charge in [0.05, 0.1) is 5.69 Å². The minimum absolute atomic E-state index is 1.13. The first-order valence-corrected chi connectivity index (χ1v) is 17.2. The molecule has 0 saturated carbocycles. The zero-order chi connectivity index (χ0) is 31.6. The summed E-state index contributed by atoms with van der Waals surface area (Å²) >= 11 is 1.87. The fourth-order valence-corrected chi connectivity index (χ4v) is 8.65. The second-order valence-electron chi connectivity index (χ2n) is 12.6. The number of nitrogens with zero attached hydrogens (tertiary/aromatic N) is 1. The van der Waals surface area contributed by atoms with Crippen molar-refractivity contribution in [3.8, 4) is 11.1 Å². The average Bonchev–Trinajstić information content (AvgIpc) is 3.51. The molecular weight excluding hydrogens is 599 g/mol. The van der Waals surface area contributed by atoms with Gasteiger partial charge in [0, 0.05) is 37.1 Å². The molecule has 1 heterocycles. The highest BCUT2D eigenvalue weighted by Gasteiger charge is 2.19. The van der Waals surface area contributed by atoms with Crippen molar-refractivity contribution in [3.05, 3.63) is 176 Å². The van der Waals surface area contributed by atoms with Gasteiger partial charge in [0.1, 0.15) is 0 Å². The van der Waals surface area contributed by atoms with Crippen LogP contribution in [0.5, 0.6) is 0 Å². The summed E-state index contributed by atoms with van der Waals surface area (Å²) in [4.78, 5) is 2.43. The topological polar surface area (TPSA) is 3.24 Å². The van der Waals surface area contributed by atoms with E-state index in [9.17, 15) is 0 Å². The number of para-hydroxylation sites is 1. The molecule has 1 nitrogen and oxygen atoms in total. The Kier molecular flexibility index (Phi) is 6.12. The molecule has 0 saturated heterocycles. The Labute approximate surface area is 282 Å². The lowest BCUT2D eigenvalue weighted by Gasteiger charge is -2.28. The van der Waals surface area contributed by atoms with Gasteiger partial charge in [-0.05, 0) is 97.2 Å². The van der Waals surface area contributed by atoms with E-state index in [0.29, 0.717) is 0 Å². The summed E-state index contributed by atoms with van der Waals surface area (Å²) in [5, 5.41) is 12.8. The van der Waals surface area contributed by atoms with Gasteiger partial charge in [-0.15, -0.1) is 11.3 Å². The molecule has 0 amide bonds. The maximum absolute atomic E-state index is 2.43.